The Morgan fingerprint density at radius 3 is 1.91 bits per heavy atom. The summed E-state index contributed by atoms with van der Waals surface area (Å²) < 4.78 is 0. The summed E-state index contributed by atoms with van der Waals surface area (Å²) in [6.07, 6.45) is 7.67. The van der Waals surface area contributed by atoms with E-state index in [2.05, 4.69) is 6.92 Å². The first-order valence-electron chi connectivity index (χ1n) is 4.42. The Balaban J connectivity index is 0.000000500. The third kappa shape index (κ3) is 1.60. The summed E-state index contributed by atoms with van der Waals surface area (Å²) in [5.74, 6) is 3.47. The Hall–Kier alpha value is 0. The van der Waals surface area contributed by atoms with Crippen molar-refractivity contribution in [3.05, 3.63) is 0 Å². The minimum atomic E-state index is 0. The molecule has 2 bridgehead atoms. The van der Waals surface area contributed by atoms with Crippen LogP contribution in [0.1, 0.15) is 53.9 Å². The van der Waals surface area contributed by atoms with Crippen LogP contribution in [0.15, 0.2) is 0 Å². The topological polar surface area (TPSA) is 0 Å². The SMILES string of the molecule is C.C.CCC1C2CCCC1C2. The van der Waals surface area contributed by atoms with Gasteiger partial charge in [-0.2, -0.15) is 0 Å². The molecule has 0 aromatic rings. The van der Waals surface area contributed by atoms with Crippen molar-refractivity contribution in [2.24, 2.45) is 17.8 Å². The van der Waals surface area contributed by atoms with Crippen LogP contribution in [0, 0.1) is 17.8 Å². The Morgan fingerprint density at radius 2 is 1.64 bits per heavy atom. The van der Waals surface area contributed by atoms with Crippen molar-refractivity contribution < 1.29 is 0 Å². The molecule has 0 aromatic carbocycles. The molecule has 3 saturated carbocycles. The van der Waals surface area contributed by atoms with Gasteiger partial charge in [-0.1, -0.05) is 47.5 Å². The average molecular weight is 156 g/mol. The fourth-order valence-electron chi connectivity index (χ4n) is 2.90. The van der Waals surface area contributed by atoms with Crippen LogP contribution in [0.25, 0.3) is 0 Å². The van der Waals surface area contributed by atoms with Gasteiger partial charge in [0, 0.05) is 0 Å². The normalized spacial score (nSPS) is 39.5. The highest BCUT2D eigenvalue weighted by Gasteiger charge is 2.41. The molecule has 0 heteroatoms. The average Bonchev–Trinajstić information content (AvgIpc) is 1.90. The quantitative estimate of drug-likeness (QED) is 0.536. The molecule has 0 amide bonds. The van der Waals surface area contributed by atoms with Gasteiger partial charge in [-0.05, 0) is 24.2 Å². The molecular formula is C11H24. The molecule has 2 unspecified atom stereocenters. The van der Waals surface area contributed by atoms with Crippen LogP contribution in [0.3, 0.4) is 0 Å². The molecule has 3 aliphatic rings. The van der Waals surface area contributed by atoms with E-state index in [4.69, 9.17) is 0 Å². The van der Waals surface area contributed by atoms with Gasteiger partial charge in [-0.15, -0.1) is 0 Å². The van der Waals surface area contributed by atoms with Crippen LogP contribution >= 0.6 is 0 Å². The molecule has 2 atom stereocenters. The van der Waals surface area contributed by atoms with Crippen LogP contribution in [0.5, 0.6) is 0 Å². The lowest BCUT2D eigenvalue weighted by Crippen LogP contribution is -2.39. The van der Waals surface area contributed by atoms with Gasteiger partial charge in [0.15, 0.2) is 0 Å². The van der Waals surface area contributed by atoms with Crippen LogP contribution in [-0.2, 0) is 0 Å². The predicted molar refractivity (Wildman–Crippen MR) is 52.7 cm³/mol. The zero-order valence-corrected chi connectivity index (χ0v) is 6.27. The maximum absolute atomic E-state index is 2.36. The largest absolute Gasteiger partial charge is 0.0776 e. The molecule has 68 valence electrons. The van der Waals surface area contributed by atoms with E-state index in [1.165, 1.54) is 12.8 Å². The fraction of sp³-hybridized carbons (Fsp3) is 1.00. The summed E-state index contributed by atoms with van der Waals surface area (Å²) in [5.41, 5.74) is 0. The Labute approximate surface area is 72.4 Å². The molecule has 11 heavy (non-hydrogen) atoms. The second kappa shape index (κ2) is 4.13. The van der Waals surface area contributed by atoms with Gasteiger partial charge in [-0.25, -0.2) is 0 Å². The van der Waals surface area contributed by atoms with Gasteiger partial charge in [0.1, 0.15) is 0 Å². The van der Waals surface area contributed by atoms with Gasteiger partial charge in [0.25, 0.3) is 0 Å². The minimum Gasteiger partial charge on any atom is -0.0776 e. The lowest BCUT2D eigenvalue weighted by Gasteiger charge is -2.49. The van der Waals surface area contributed by atoms with E-state index < -0.39 is 0 Å². The van der Waals surface area contributed by atoms with Gasteiger partial charge < -0.3 is 0 Å². The van der Waals surface area contributed by atoms with E-state index in [9.17, 15) is 0 Å². The molecule has 0 heterocycles. The maximum Gasteiger partial charge on any atom is -0.0360 e. The van der Waals surface area contributed by atoms with Crippen molar-refractivity contribution in [1.82, 2.24) is 0 Å². The molecular weight excluding hydrogens is 132 g/mol. The molecule has 0 N–H and O–H groups in total. The van der Waals surface area contributed by atoms with Gasteiger partial charge in [0.05, 0.1) is 0 Å². The summed E-state index contributed by atoms with van der Waals surface area (Å²) in [7, 11) is 0. The molecule has 0 radical (unpaired) electrons. The van der Waals surface area contributed by atoms with Crippen molar-refractivity contribution in [1.29, 1.82) is 0 Å². The van der Waals surface area contributed by atoms with Crippen molar-refractivity contribution in [3.63, 3.8) is 0 Å². The molecule has 0 aromatic heterocycles. The van der Waals surface area contributed by atoms with E-state index >= 15 is 0 Å². The standard InChI is InChI=1S/C9H16.2CH4/c1-2-9-7-4-3-5-8(9)6-7;;/h7-9H,2-6H2,1H3;2*1H4. The fourth-order valence-corrected chi connectivity index (χ4v) is 2.90. The van der Waals surface area contributed by atoms with Crippen molar-refractivity contribution in [2.45, 2.75) is 53.9 Å². The van der Waals surface area contributed by atoms with E-state index in [1.54, 1.807) is 19.3 Å². The highest BCUT2D eigenvalue weighted by atomic mass is 14.5. The second-order valence-electron chi connectivity index (χ2n) is 3.76. The molecule has 3 fully saturated rings. The van der Waals surface area contributed by atoms with Crippen molar-refractivity contribution in [2.75, 3.05) is 0 Å². The van der Waals surface area contributed by atoms with E-state index in [-0.39, 0.29) is 14.9 Å². The first kappa shape index (κ1) is 11.0. The first-order chi connectivity index (χ1) is 4.42. The third-order valence-corrected chi connectivity index (χ3v) is 3.44. The number of fused-ring (bicyclic) bond motifs is 2. The van der Waals surface area contributed by atoms with Crippen molar-refractivity contribution >= 4 is 0 Å². The highest BCUT2D eigenvalue weighted by molar-refractivity contribution is 4.91. The van der Waals surface area contributed by atoms with Crippen LogP contribution in [0.4, 0.5) is 0 Å². The Kier molecular flexibility index (Phi) is 4.13. The lowest BCUT2D eigenvalue weighted by molar-refractivity contribution is 0.0119. The Morgan fingerprint density at radius 1 is 1.09 bits per heavy atom. The molecule has 0 saturated heterocycles. The number of rotatable bonds is 1. The monoisotopic (exact) mass is 156 g/mol. The molecule has 3 aliphatic carbocycles. The number of hydrogen-bond acceptors (Lipinski definition) is 0. The van der Waals surface area contributed by atoms with E-state index in [0.29, 0.717) is 0 Å². The summed E-state index contributed by atoms with van der Waals surface area (Å²) in [4.78, 5) is 0. The molecule has 0 aliphatic heterocycles. The minimum absolute atomic E-state index is 0. The summed E-state index contributed by atoms with van der Waals surface area (Å²) in [5, 5.41) is 0. The highest BCUT2D eigenvalue weighted by Crippen LogP contribution is 2.51. The number of hydrogen-bond donors (Lipinski definition) is 0. The van der Waals surface area contributed by atoms with E-state index in [1.807, 2.05) is 0 Å². The summed E-state index contributed by atoms with van der Waals surface area (Å²) in [6.45, 7) is 2.36. The molecule has 0 spiro atoms. The van der Waals surface area contributed by atoms with Crippen LogP contribution in [-0.4, -0.2) is 0 Å². The lowest BCUT2D eigenvalue weighted by atomic mass is 9.56. The predicted octanol–water partition coefficient (Wildman–Crippen LogP) is 4.10. The van der Waals surface area contributed by atoms with Gasteiger partial charge >= 0.3 is 0 Å². The smallest absolute Gasteiger partial charge is 0.0360 e. The van der Waals surface area contributed by atoms with Crippen molar-refractivity contribution in [3.8, 4) is 0 Å². The molecule has 0 nitrogen and oxygen atoms in total. The second-order valence-corrected chi connectivity index (χ2v) is 3.76. The van der Waals surface area contributed by atoms with Crippen LogP contribution < -0.4 is 0 Å². The van der Waals surface area contributed by atoms with E-state index in [0.717, 1.165) is 17.8 Å². The zero-order chi connectivity index (χ0) is 6.27. The molecule has 3 rings (SSSR count). The van der Waals surface area contributed by atoms with Gasteiger partial charge in [-0.3, -0.25) is 0 Å². The van der Waals surface area contributed by atoms with Gasteiger partial charge in [0.2, 0.25) is 0 Å². The maximum atomic E-state index is 2.36. The summed E-state index contributed by atoms with van der Waals surface area (Å²) >= 11 is 0. The zero-order valence-electron chi connectivity index (χ0n) is 6.27. The summed E-state index contributed by atoms with van der Waals surface area (Å²) in [6, 6.07) is 0. The Bertz CT molecular complexity index is 92.6. The first-order valence-corrected chi connectivity index (χ1v) is 4.42. The third-order valence-electron chi connectivity index (χ3n) is 3.44. The van der Waals surface area contributed by atoms with Crippen LogP contribution in [0.2, 0.25) is 0 Å².